The van der Waals surface area contributed by atoms with Gasteiger partial charge in [-0.2, -0.15) is 4.31 Å². The van der Waals surface area contributed by atoms with Crippen LogP contribution in [0.3, 0.4) is 0 Å². The van der Waals surface area contributed by atoms with Crippen LogP contribution in [0.1, 0.15) is 0 Å². The van der Waals surface area contributed by atoms with Crippen LogP contribution < -0.4 is 0 Å². The number of thiophene rings is 1. The summed E-state index contributed by atoms with van der Waals surface area (Å²) in [5, 5.41) is 8.70. The molecule has 2 heterocycles. The van der Waals surface area contributed by atoms with Crippen LogP contribution in [0.25, 0.3) is 0 Å². The molecule has 1 N–H and O–H groups in total. The summed E-state index contributed by atoms with van der Waals surface area (Å²) < 4.78 is 27.1. The van der Waals surface area contributed by atoms with Gasteiger partial charge in [-0.15, -0.1) is 11.3 Å². The van der Waals surface area contributed by atoms with Crippen molar-refractivity contribution in [3.8, 4) is 0 Å². The molecule has 19 heavy (non-hydrogen) atoms. The second-order valence-corrected chi connectivity index (χ2v) is 8.76. The second-order valence-electron chi connectivity index (χ2n) is 4.13. The van der Waals surface area contributed by atoms with E-state index < -0.39 is 16.0 Å². The summed E-state index contributed by atoms with van der Waals surface area (Å²) in [6.45, 7) is 1.49. The zero-order valence-corrected chi connectivity index (χ0v) is 13.2. The molecular weight excluding hydrogens is 356 g/mol. The van der Waals surface area contributed by atoms with Crippen molar-refractivity contribution in [2.45, 2.75) is 4.21 Å². The Kier molecular flexibility index (Phi) is 4.62. The van der Waals surface area contributed by atoms with Crippen LogP contribution in [0, 0.1) is 0 Å². The number of hydrogen-bond donors (Lipinski definition) is 1. The number of carbonyl (C=O) groups is 1. The van der Waals surface area contributed by atoms with Crippen LogP contribution in [0.15, 0.2) is 20.1 Å². The summed E-state index contributed by atoms with van der Waals surface area (Å²) in [7, 11) is -3.45. The molecule has 0 atom stereocenters. The molecule has 106 valence electrons. The highest BCUT2D eigenvalue weighted by Crippen LogP contribution is 2.28. The Labute approximate surface area is 123 Å². The van der Waals surface area contributed by atoms with E-state index in [1.807, 2.05) is 0 Å². The van der Waals surface area contributed by atoms with Crippen LogP contribution in [-0.2, 0) is 14.8 Å². The van der Waals surface area contributed by atoms with E-state index in [2.05, 4.69) is 15.9 Å². The van der Waals surface area contributed by atoms with Crippen molar-refractivity contribution in [1.29, 1.82) is 0 Å². The van der Waals surface area contributed by atoms with Crippen molar-refractivity contribution in [1.82, 2.24) is 9.21 Å². The van der Waals surface area contributed by atoms with Gasteiger partial charge in [0.05, 0.1) is 10.3 Å². The summed E-state index contributed by atoms with van der Waals surface area (Å²) >= 11 is 4.43. The lowest BCUT2D eigenvalue weighted by Gasteiger charge is -2.32. The number of carboxylic acids is 1. The quantitative estimate of drug-likeness (QED) is 0.854. The minimum absolute atomic E-state index is 0.0432. The molecule has 0 bridgehead atoms. The lowest BCUT2D eigenvalue weighted by Crippen LogP contribution is -2.49. The standard InChI is InChI=1S/C10H13BrN2O4S2/c11-8-1-2-10(18-8)19(16,17)13-5-3-12(4-6-13)7-9(14)15/h1-2H,3-7H2,(H,14,15). The van der Waals surface area contributed by atoms with Gasteiger partial charge in [-0.25, -0.2) is 8.42 Å². The van der Waals surface area contributed by atoms with E-state index in [1.165, 1.54) is 15.6 Å². The van der Waals surface area contributed by atoms with Crippen molar-refractivity contribution in [2.75, 3.05) is 32.7 Å². The minimum Gasteiger partial charge on any atom is -0.480 e. The van der Waals surface area contributed by atoms with Crippen LogP contribution in [0.4, 0.5) is 0 Å². The van der Waals surface area contributed by atoms with E-state index in [0.29, 0.717) is 30.4 Å². The molecule has 6 nitrogen and oxygen atoms in total. The fourth-order valence-corrected chi connectivity index (χ4v) is 5.47. The Bertz CT molecular complexity index is 564. The number of nitrogens with zero attached hydrogens (tertiary/aromatic N) is 2. The van der Waals surface area contributed by atoms with Crippen LogP contribution in [-0.4, -0.2) is 61.4 Å². The monoisotopic (exact) mass is 368 g/mol. The van der Waals surface area contributed by atoms with Gasteiger partial charge in [-0.3, -0.25) is 9.69 Å². The predicted molar refractivity (Wildman–Crippen MR) is 74.9 cm³/mol. The fourth-order valence-electron chi connectivity index (χ4n) is 1.88. The third-order valence-corrected chi connectivity index (χ3v) is 6.82. The maximum absolute atomic E-state index is 12.3. The lowest BCUT2D eigenvalue weighted by molar-refractivity contribution is -0.138. The van der Waals surface area contributed by atoms with E-state index in [0.717, 1.165) is 3.79 Å². The van der Waals surface area contributed by atoms with Gasteiger partial charge in [0.1, 0.15) is 4.21 Å². The van der Waals surface area contributed by atoms with Gasteiger partial charge in [0.2, 0.25) is 0 Å². The normalized spacial score (nSPS) is 18.6. The molecule has 0 unspecified atom stereocenters. The Balaban J connectivity index is 2.03. The fraction of sp³-hybridized carbons (Fsp3) is 0.500. The van der Waals surface area contributed by atoms with Crippen molar-refractivity contribution >= 4 is 43.3 Å². The number of carboxylic acid groups (broad SMARTS) is 1. The van der Waals surface area contributed by atoms with Crippen LogP contribution >= 0.6 is 27.3 Å². The third kappa shape index (κ3) is 3.54. The molecule has 0 aliphatic carbocycles. The van der Waals surface area contributed by atoms with E-state index in [4.69, 9.17) is 5.11 Å². The molecule has 0 saturated carbocycles. The topological polar surface area (TPSA) is 77.9 Å². The van der Waals surface area contributed by atoms with Gasteiger partial charge >= 0.3 is 5.97 Å². The minimum atomic E-state index is -3.45. The van der Waals surface area contributed by atoms with Gasteiger partial charge in [-0.1, -0.05) is 0 Å². The zero-order valence-electron chi connectivity index (χ0n) is 9.95. The average Bonchev–Trinajstić information content (AvgIpc) is 2.76. The molecule has 1 aliphatic heterocycles. The highest BCUT2D eigenvalue weighted by Gasteiger charge is 2.29. The molecular formula is C10H13BrN2O4S2. The van der Waals surface area contributed by atoms with Crippen LogP contribution in [0.5, 0.6) is 0 Å². The summed E-state index contributed by atoms with van der Waals surface area (Å²) in [4.78, 5) is 12.3. The number of hydrogen-bond acceptors (Lipinski definition) is 5. The average molecular weight is 369 g/mol. The zero-order chi connectivity index (χ0) is 14.0. The maximum Gasteiger partial charge on any atom is 0.317 e. The molecule has 0 aromatic carbocycles. The first-order valence-corrected chi connectivity index (χ1v) is 8.64. The first-order chi connectivity index (χ1) is 8.89. The Morgan fingerprint density at radius 3 is 2.42 bits per heavy atom. The molecule has 1 aromatic rings. The number of piperazine rings is 1. The molecule has 0 spiro atoms. The van der Waals surface area contributed by atoms with Crippen molar-refractivity contribution in [3.05, 3.63) is 15.9 Å². The van der Waals surface area contributed by atoms with Crippen molar-refractivity contribution in [3.63, 3.8) is 0 Å². The number of rotatable bonds is 4. The molecule has 1 aromatic heterocycles. The van der Waals surface area contributed by atoms with Gasteiger partial charge in [0.25, 0.3) is 10.0 Å². The van der Waals surface area contributed by atoms with Crippen LogP contribution in [0.2, 0.25) is 0 Å². The first-order valence-electron chi connectivity index (χ1n) is 5.59. The van der Waals surface area contributed by atoms with Gasteiger partial charge in [-0.05, 0) is 28.1 Å². The highest BCUT2D eigenvalue weighted by molar-refractivity contribution is 9.11. The second kappa shape index (κ2) is 5.88. The Morgan fingerprint density at radius 1 is 1.32 bits per heavy atom. The SMILES string of the molecule is O=C(O)CN1CCN(S(=O)(=O)c2ccc(Br)s2)CC1. The van der Waals surface area contributed by atoms with Crippen molar-refractivity contribution in [2.24, 2.45) is 0 Å². The molecule has 2 rings (SSSR count). The summed E-state index contributed by atoms with van der Waals surface area (Å²) in [5.41, 5.74) is 0. The Hall–Kier alpha value is -0.480. The van der Waals surface area contributed by atoms with Gasteiger partial charge in [0, 0.05) is 26.2 Å². The smallest absolute Gasteiger partial charge is 0.317 e. The lowest BCUT2D eigenvalue weighted by atomic mass is 10.3. The summed E-state index contributed by atoms with van der Waals surface area (Å²) in [5.74, 6) is -0.890. The molecule has 1 aliphatic rings. The predicted octanol–water partition coefficient (Wildman–Crippen LogP) is 0.902. The summed E-state index contributed by atoms with van der Waals surface area (Å²) in [6.07, 6.45) is 0. The number of halogens is 1. The van der Waals surface area contributed by atoms with E-state index in [-0.39, 0.29) is 6.54 Å². The van der Waals surface area contributed by atoms with Gasteiger partial charge < -0.3 is 5.11 Å². The molecule has 1 saturated heterocycles. The first kappa shape index (κ1) is 14.9. The molecule has 0 amide bonds. The number of sulfonamides is 1. The molecule has 9 heteroatoms. The Morgan fingerprint density at radius 2 is 1.95 bits per heavy atom. The summed E-state index contributed by atoms with van der Waals surface area (Å²) in [6, 6.07) is 3.28. The maximum atomic E-state index is 12.3. The molecule has 0 radical (unpaired) electrons. The van der Waals surface area contributed by atoms with E-state index in [9.17, 15) is 13.2 Å². The molecule has 1 fully saturated rings. The third-order valence-electron chi connectivity index (χ3n) is 2.83. The van der Waals surface area contributed by atoms with E-state index in [1.54, 1.807) is 17.0 Å². The van der Waals surface area contributed by atoms with Crippen molar-refractivity contribution < 1.29 is 18.3 Å². The largest absolute Gasteiger partial charge is 0.480 e. The number of aliphatic carboxylic acids is 1. The van der Waals surface area contributed by atoms with E-state index >= 15 is 0 Å². The highest BCUT2D eigenvalue weighted by atomic mass is 79.9. The van der Waals surface area contributed by atoms with Gasteiger partial charge in [0.15, 0.2) is 0 Å².